The molecule has 0 radical (unpaired) electrons. The Kier molecular flexibility index (Phi) is 10.4. The normalized spacial score (nSPS) is 19.1. The molecule has 234 valence electrons. The van der Waals surface area contributed by atoms with Gasteiger partial charge in [0.05, 0.1) is 18.0 Å². The number of ether oxygens (including phenoxy) is 1. The number of halogens is 2. The van der Waals surface area contributed by atoms with Gasteiger partial charge in [-0.1, -0.05) is 23.2 Å². The van der Waals surface area contributed by atoms with Crippen molar-refractivity contribution in [1.29, 1.82) is 0 Å². The Bertz CT molecular complexity index is 1450. The zero-order valence-corrected chi connectivity index (χ0v) is 25.9. The highest BCUT2D eigenvalue weighted by molar-refractivity contribution is 6.35. The minimum atomic E-state index is -1.11. The first-order chi connectivity index (χ1) is 21.1. The lowest BCUT2D eigenvalue weighted by Crippen LogP contribution is -2.37. The minimum Gasteiger partial charge on any atom is -0.465 e. The molecule has 5 rings (SSSR count). The van der Waals surface area contributed by atoms with Crippen LogP contribution in [0.4, 0.5) is 10.6 Å². The molecule has 3 aromatic rings. The number of β-amino-alcohol motifs (C(OH)–C–C–N with tert-alkyl or cyclic N) is 1. The molecule has 2 saturated heterocycles. The summed E-state index contributed by atoms with van der Waals surface area (Å²) in [5, 5.41) is 25.5. The second kappa shape index (κ2) is 14.4. The van der Waals surface area contributed by atoms with Crippen LogP contribution in [-0.4, -0.2) is 82.5 Å². The molecule has 1 aromatic carbocycles. The van der Waals surface area contributed by atoms with Crippen molar-refractivity contribution in [3.05, 3.63) is 64.3 Å². The zero-order chi connectivity index (χ0) is 31.2. The number of rotatable bonds is 10. The number of hydrogen-bond donors (Lipinski definition) is 4. The number of nitrogens with zero attached hydrogens (tertiary/aromatic N) is 4. The van der Waals surface area contributed by atoms with Crippen LogP contribution in [0.25, 0.3) is 11.3 Å². The van der Waals surface area contributed by atoms with Gasteiger partial charge in [0.2, 0.25) is 11.8 Å². The number of carbonyl (C=O) groups is 2. The maximum absolute atomic E-state index is 11.3. The van der Waals surface area contributed by atoms with Crippen molar-refractivity contribution in [3.8, 4) is 22.9 Å². The fourth-order valence-electron chi connectivity index (χ4n) is 5.65. The molecular formula is C31H36Cl2N6O5. The summed E-state index contributed by atoms with van der Waals surface area (Å²) in [6, 6.07) is 12.9. The molecule has 0 bridgehead atoms. The van der Waals surface area contributed by atoms with Gasteiger partial charge in [0.1, 0.15) is 11.6 Å². The third-order valence-electron chi connectivity index (χ3n) is 7.96. The van der Waals surface area contributed by atoms with E-state index >= 15 is 0 Å². The summed E-state index contributed by atoms with van der Waals surface area (Å²) in [7, 11) is 0. The summed E-state index contributed by atoms with van der Waals surface area (Å²) in [5.41, 5.74) is 2.48. The lowest BCUT2D eigenvalue weighted by atomic mass is 9.96. The van der Waals surface area contributed by atoms with Crippen molar-refractivity contribution >= 4 is 41.0 Å². The number of aromatic nitrogens is 2. The van der Waals surface area contributed by atoms with Crippen molar-refractivity contribution in [2.24, 2.45) is 11.8 Å². The van der Waals surface area contributed by atoms with Crippen molar-refractivity contribution in [2.75, 3.05) is 44.2 Å². The molecule has 2 fully saturated rings. The number of anilines is 1. The minimum absolute atomic E-state index is 0.00393. The van der Waals surface area contributed by atoms with Gasteiger partial charge < -0.3 is 30.5 Å². The largest absolute Gasteiger partial charge is 0.465 e. The molecule has 13 heteroatoms. The van der Waals surface area contributed by atoms with Crippen LogP contribution in [0.15, 0.2) is 48.7 Å². The maximum atomic E-state index is 11.3. The SMILES string of the molecule is CC(=O)NCC1CCN(Cc2cc(Oc3ccc(N4C[C@@H](CNC(=O)O)[C@H](O)C4)nc3)nc(-c3cc(Cl)cc(Cl)c3)c2)CC1. The van der Waals surface area contributed by atoms with Gasteiger partial charge in [-0.3, -0.25) is 9.69 Å². The number of aliphatic hydroxyl groups is 1. The predicted molar refractivity (Wildman–Crippen MR) is 168 cm³/mol. The van der Waals surface area contributed by atoms with E-state index in [0.717, 1.165) is 37.1 Å². The van der Waals surface area contributed by atoms with Crippen molar-refractivity contribution < 1.29 is 24.5 Å². The molecule has 2 aromatic heterocycles. The summed E-state index contributed by atoms with van der Waals surface area (Å²) < 4.78 is 6.19. The van der Waals surface area contributed by atoms with Crippen molar-refractivity contribution in [2.45, 2.75) is 32.4 Å². The second-order valence-electron chi connectivity index (χ2n) is 11.4. The smallest absolute Gasteiger partial charge is 0.404 e. The molecule has 4 N–H and O–H groups in total. The third kappa shape index (κ3) is 8.72. The van der Waals surface area contributed by atoms with Crippen LogP contribution in [0.1, 0.15) is 25.3 Å². The zero-order valence-electron chi connectivity index (χ0n) is 24.4. The van der Waals surface area contributed by atoms with Crippen LogP contribution < -0.4 is 20.3 Å². The van der Waals surface area contributed by atoms with Gasteiger partial charge in [0.25, 0.3) is 0 Å². The molecule has 2 aliphatic rings. The van der Waals surface area contributed by atoms with Crippen LogP contribution in [0.2, 0.25) is 10.0 Å². The number of amides is 2. The number of nitrogens with one attached hydrogen (secondary N) is 2. The number of hydrogen-bond acceptors (Lipinski definition) is 8. The van der Waals surface area contributed by atoms with Crippen LogP contribution in [0, 0.1) is 11.8 Å². The van der Waals surface area contributed by atoms with Gasteiger partial charge in [-0.25, -0.2) is 14.8 Å². The average molecular weight is 644 g/mol. The van der Waals surface area contributed by atoms with E-state index in [1.54, 1.807) is 25.3 Å². The summed E-state index contributed by atoms with van der Waals surface area (Å²) in [4.78, 5) is 35.7. The topological polar surface area (TPSA) is 140 Å². The van der Waals surface area contributed by atoms with Gasteiger partial charge in [-0.2, -0.15) is 0 Å². The molecule has 2 amide bonds. The lowest BCUT2D eigenvalue weighted by Gasteiger charge is -2.32. The third-order valence-corrected chi connectivity index (χ3v) is 8.40. The van der Waals surface area contributed by atoms with Gasteiger partial charge in [-0.15, -0.1) is 0 Å². The number of piperidine rings is 1. The van der Waals surface area contributed by atoms with Crippen LogP contribution in [-0.2, 0) is 11.3 Å². The van der Waals surface area contributed by atoms with Crippen molar-refractivity contribution in [1.82, 2.24) is 25.5 Å². The molecule has 11 nitrogen and oxygen atoms in total. The number of carboxylic acid groups (broad SMARTS) is 1. The van der Waals surface area contributed by atoms with Gasteiger partial charge in [0.15, 0.2) is 0 Å². The highest BCUT2D eigenvalue weighted by Gasteiger charge is 2.32. The monoisotopic (exact) mass is 642 g/mol. The van der Waals surface area contributed by atoms with Gasteiger partial charge in [-0.05, 0) is 73.8 Å². The number of benzene rings is 1. The van der Waals surface area contributed by atoms with E-state index in [1.165, 1.54) is 0 Å². The standard InChI is InChI=1S/C31H36Cl2N6O5/c1-19(40)34-13-20-4-6-38(7-5-20)16-21-8-27(22-10-24(32)12-25(33)11-22)37-30(9-21)44-26-2-3-29(35-15-26)39-17-23(28(41)18-39)14-36-31(42)43/h2-3,8-12,15,20,23,28,36,41H,4-7,13-14,16-18H2,1H3,(H,34,40)(H,42,43)/t23-,28-/m1/s1. The van der Waals surface area contributed by atoms with E-state index in [0.29, 0.717) is 65.3 Å². The summed E-state index contributed by atoms with van der Waals surface area (Å²) in [6.07, 6.45) is 1.85. The highest BCUT2D eigenvalue weighted by Crippen LogP contribution is 2.31. The first kappa shape index (κ1) is 31.8. The van der Waals surface area contributed by atoms with E-state index in [9.17, 15) is 14.7 Å². The molecule has 4 heterocycles. The molecular weight excluding hydrogens is 607 g/mol. The number of aliphatic hydroxyl groups excluding tert-OH is 1. The molecule has 0 aliphatic carbocycles. The molecule has 2 aliphatic heterocycles. The molecule has 0 spiro atoms. The first-order valence-electron chi connectivity index (χ1n) is 14.6. The molecule has 0 saturated carbocycles. The van der Waals surface area contributed by atoms with E-state index in [1.807, 2.05) is 35.2 Å². The number of likely N-dealkylation sites (tertiary alicyclic amines) is 1. The van der Waals surface area contributed by atoms with E-state index in [2.05, 4.69) is 20.5 Å². The van der Waals surface area contributed by atoms with Gasteiger partial charge in [0, 0.05) is 67.2 Å². The van der Waals surface area contributed by atoms with Crippen LogP contribution >= 0.6 is 23.2 Å². The Balaban J connectivity index is 1.30. The van der Waals surface area contributed by atoms with Crippen LogP contribution in [0.3, 0.4) is 0 Å². The molecule has 2 atom stereocenters. The highest BCUT2D eigenvalue weighted by atomic mass is 35.5. The number of pyridine rings is 2. The quantitative estimate of drug-likeness (QED) is 0.249. The second-order valence-corrected chi connectivity index (χ2v) is 12.3. The summed E-state index contributed by atoms with van der Waals surface area (Å²) >= 11 is 12.6. The Morgan fingerprint density at radius 3 is 2.43 bits per heavy atom. The lowest BCUT2D eigenvalue weighted by molar-refractivity contribution is -0.119. The van der Waals surface area contributed by atoms with E-state index < -0.39 is 12.2 Å². The average Bonchev–Trinajstić information content (AvgIpc) is 3.35. The molecule has 0 unspecified atom stereocenters. The number of carbonyl (C=O) groups excluding carboxylic acids is 1. The predicted octanol–water partition coefficient (Wildman–Crippen LogP) is 4.66. The van der Waals surface area contributed by atoms with Gasteiger partial charge >= 0.3 is 6.09 Å². The Labute approximate surface area is 266 Å². The molecule has 44 heavy (non-hydrogen) atoms. The van der Waals surface area contributed by atoms with Crippen molar-refractivity contribution in [3.63, 3.8) is 0 Å². The van der Waals surface area contributed by atoms with Crippen LogP contribution in [0.5, 0.6) is 11.6 Å². The first-order valence-corrected chi connectivity index (χ1v) is 15.3. The van der Waals surface area contributed by atoms with E-state index in [4.69, 9.17) is 38.0 Å². The fraction of sp³-hybridized carbons (Fsp3) is 0.419. The summed E-state index contributed by atoms with van der Waals surface area (Å²) in [5.74, 6) is 1.81. The Morgan fingerprint density at radius 2 is 1.77 bits per heavy atom. The Morgan fingerprint density at radius 1 is 1.02 bits per heavy atom. The van der Waals surface area contributed by atoms with E-state index in [-0.39, 0.29) is 18.4 Å². The Hall–Kier alpha value is -3.64. The fourth-order valence-corrected chi connectivity index (χ4v) is 6.17. The maximum Gasteiger partial charge on any atom is 0.404 e. The summed E-state index contributed by atoms with van der Waals surface area (Å²) in [6.45, 7) is 5.82.